The maximum absolute atomic E-state index is 12.6. The Balaban J connectivity index is 2.31. The highest BCUT2D eigenvalue weighted by Crippen LogP contribution is 2.28. The van der Waals surface area contributed by atoms with E-state index in [-0.39, 0.29) is 18.2 Å². The van der Waals surface area contributed by atoms with Gasteiger partial charge in [-0.25, -0.2) is 8.42 Å². The second kappa shape index (κ2) is 6.52. The van der Waals surface area contributed by atoms with Gasteiger partial charge in [-0.1, -0.05) is 36.2 Å². The van der Waals surface area contributed by atoms with Crippen molar-refractivity contribution in [3.05, 3.63) is 33.8 Å². The average Bonchev–Trinajstić information content (AvgIpc) is 2.43. The Morgan fingerprint density at radius 1 is 1.33 bits per heavy atom. The fraction of sp³-hybridized carbons (Fsp3) is 0.462. The summed E-state index contributed by atoms with van der Waals surface area (Å²) in [6.07, 6.45) is 0.418. The minimum atomic E-state index is -3.67. The first-order chi connectivity index (χ1) is 9.86. The second-order valence-corrected chi connectivity index (χ2v) is 7.52. The zero-order chi connectivity index (χ0) is 15.6. The number of carbonyl (C=O) groups is 1. The number of hydrogen-bond acceptors (Lipinski definition) is 3. The van der Waals surface area contributed by atoms with Gasteiger partial charge < -0.3 is 5.32 Å². The van der Waals surface area contributed by atoms with Gasteiger partial charge in [-0.3, -0.25) is 4.79 Å². The van der Waals surface area contributed by atoms with Crippen molar-refractivity contribution in [1.82, 2.24) is 9.62 Å². The van der Waals surface area contributed by atoms with Gasteiger partial charge in [-0.15, -0.1) is 0 Å². The first-order valence-corrected chi connectivity index (χ1v) is 8.93. The molecule has 1 atom stereocenters. The molecule has 1 aliphatic rings. The maximum Gasteiger partial charge on any atom is 0.238 e. The lowest BCUT2D eigenvalue weighted by molar-refractivity contribution is -0.126. The monoisotopic (exact) mass is 350 g/mol. The Bertz CT molecular complexity index is 629. The normalized spacial score (nSPS) is 20.3. The van der Waals surface area contributed by atoms with E-state index in [1.54, 1.807) is 25.1 Å². The summed E-state index contributed by atoms with van der Waals surface area (Å²) in [5, 5.41) is 3.29. The number of sulfonamides is 1. The summed E-state index contributed by atoms with van der Waals surface area (Å²) in [5.41, 5.74) is 0.363. The number of benzene rings is 1. The van der Waals surface area contributed by atoms with E-state index in [2.05, 4.69) is 5.32 Å². The molecule has 1 aliphatic heterocycles. The van der Waals surface area contributed by atoms with E-state index in [0.29, 0.717) is 28.6 Å². The molecule has 1 saturated heterocycles. The van der Waals surface area contributed by atoms with Crippen LogP contribution in [0.4, 0.5) is 0 Å². The van der Waals surface area contributed by atoms with Crippen LogP contribution in [0.5, 0.6) is 0 Å². The molecular formula is C13H16Cl2N2O3S. The van der Waals surface area contributed by atoms with E-state index in [1.807, 2.05) is 0 Å². The number of nitrogens with one attached hydrogen (secondary N) is 1. The minimum Gasteiger partial charge on any atom is -0.353 e. The van der Waals surface area contributed by atoms with Gasteiger partial charge in [0.15, 0.2) is 0 Å². The van der Waals surface area contributed by atoms with Crippen molar-refractivity contribution in [3.63, 3.8) is 0 Å². The average molecular weight is 351 g/mol. The van der Waals surface area contributed by atoms with Gasteiger partial charge in [0.05, 0.1) is 5.75 Å². The van der Waals surface area contributed by atoms with Crippen LogP contribution < -0.4 is 5.32 Å². The van der Waals surface area contributed by atoms with Crippen molar-refractivity contribution in [2.45, 2.75) is 25.1 Å². The van der Waals surface area contributed by atoms with Crippen molar-refractivity contribution in [3.8, 4) is 0 Å². The molecular weight excluding hydrogens is 335 g/mol. The van der Waals surface area contributed by atoms with Crippen molar-refractivity contribution in [1.29, 1.82) is 0 Å². The summed E-state index contributed by atoms with van der Waals surface area (Å²) < 4.78 is 26.4. The van der Waals surface area contributed by atoms with Crippen LogP contribution in [-0.2, 0) is 20.6 Å². The summed E-state index contributed by atoms with van der Waals surface area (Å²) >= 11 is 12.1. The molecule has 0 saturated carbocycles. The smallest absolute Gasteiger partial charge is 0.238 e. The van der Waals surface area contributed by atoms with Crippen LogP contribution in [0.1, 0.15) is 18.9 Å². The number of rotatable bonds is 4. The molecule has 21 heavy (non-hydrogen) atoms. The Morgan fingerprint density at radius 2 is 1.95 bits per heavy atom. The molecule has 1 aromatic rings. The molecule has 1 amide bonds. The number of piperazine rings is 1. The fourth-order valence-corrected chi connectivity index (χ4v) is 4.88. The molecule has 1 heterocycles. The molecule has 0 aliphatic carbocycles. The largest absolute Gasteiger partial charge is 0.353 e. The van der Waals surface area contributed by atoms with Crippen LogP contribution in [0.2, 0.25) is 10.0 Å². The van der Waals surface area contributed by atoms with Crippen LogP contribution in [-0.4, -0.2) is 37.8 Å². The van der Waals surface area contributed by atoms with E-state index >= 15 is 0 Å². The first-order valence-electron chi connectivity index (χ1n) is 6.57. The van der Waals surface area contributed by atoms with Gasteiger partial charge in [-0.05, 0) is 18.6 Å². The van der Waals surface area contributed by atoms with Gasteiger partial charge in [-0.2, -0.15) is 4.31 Å². The highest BCUT2D eigenvalue weighted by Gasteiger charge is 2.36. The predicted molar refractivity (Wildman–Crippen MR) is 82.9 cm³/mol. The number of nitrogens with zero attached hydrogens (tertiary/aromatic N) is 1. The Morgan fingerprint density at radius 3 is 2.52 bits per heavy atom. The van der Waals surface area contributed by atoms with Gasteiger partial charge in [0.1, 0.15) is 6.04 Å². The lowest BCUT2D eigenvalue weighted by Crippen LogP contribution is -2.57. The predicted octanol–water partition coefficient (Wildman–Crippen LogP) is 2.03. The molecule has 8 heteroatoms. The van der Waals surface area contributed by atoms with Gasteiger partial charge in [0.25, 0.3) is 0 Å². The van der Waals surface area contributed by atoms with Crippen LogP contribution in [0.25, 0.3) is 0 Å². The summed E-state index contributed by atoms with van der Waals surface area (Å²) in [7, 11) is -3.67. The standard InChI is InChI=1S/C13H16Cl2N2O3S/c1-2-12-13(18)16-6-7-17(12)21(19,20)8-9-10(14)4-3-5-11(9)15/h3-5,12H,2,6-8H2,1H3,(H,16,18). The van der Waals surface area contributed by atoms with Crippen molar-refractivity contribution in [2.75, 3.05) is 13.1 Å². The number of amides is 1. The van der Waals surface area contributed by atoms with E-state index < -0.39 is 16.1 Å². The summed E-state index contributed by atoms with van der Waals surface area (Å²) in [4.78, 5) is 11.8. The zero-order valence-corrected chi connectivity index (χ0v) is 13.8. The molecule has 2 rings (SSSR count). The Hall–Kier alpha value is -0.820. The van der Waals surface area contributed by atoms with E-state index in [9.17, 15) is 13.2 Å². The number of carbonyl (C=O) groups excluding carboxylic acids is 1. The molecule has 0 spiro atoms. The third kappa shape index (κ3) is 3.51. The Labute approximate surface area is 134 Å². The summed E-state index contributed by atoms with van der Waals surface area (Å²) in [6, 6.07) is 4.17. The van der Waals surface area contributed by atoms with Gasteiger partial charge in [0.2, 0.25) is 15.9 Å². The highest BCUT2D eigenvalue weighted by atomic mass is 35.5. The summed E-state index contributed by atoms with van der Waals surface area (Å²) in [6.45, 7) is 2.35. The fourth-order valence-electron chi connectivity index (χ4n) is 2.35. The molecule has 1 unspecified atom stereocenters. The highest BCUT2D eigenvalue weighted by molar-refractivity contribution is 7.88. The number of halogens is 2. The molecule has 0 bridgehead atoms. The van der Waals surface area contributed by atoms with Crippen LogP contribution in [0.15, 0.2) is 18.2 Å². The van der Waals surface area contributed by atoms with Crippen LogP contribution in [0, 0.1) is 0 Å². The SMILES string of the molecule is CCC1C(=O)NCCN1S(=O)(=O)Cc1c(Cl)cccc1Cl. The topological polar surface area (TPSA) is 66.5 Å². The van der Waals surface area contributed by atoms with Gasteiger partial charge in [0, 0.05) is 28.7 Å². The molecule has 0 aromatic heterocycles. The van der Waals surface area contributed by atoms with Crippen LogP contribution >= 0.6 is 23.2 Å². The maximum atomic E-state index is 12.6. The zero-order valence-electron chi connectivity index (χ0n) is 11.5. The van der Waals surface area contributed by atoms with Crippen molar-refractivity contribution >= 4 is 39.1 Å². The molecule has 1 fully saturated rings. The van der Waals surface area contributed by atoms with E-state index in [4.69, 9.17) is 23.2 Å². The lowest BCUT2D eigenvalue weighted by atomic mass is 10.2. The van der Waals surface area contributed by atoms with E-state index in [0.717, 1.165) is 0 Å². The molecule has 116 valence electrons. The van der Waals surface area contributed by atoms with E-state index in [1.165, 1.54) is 4.31 Å². The van der Waals surface area contributed by atoms with Gasteiger partial charge >= 0.3 is 0 Å². The summed E-state index contributed by atoms with van der Waals surface area (Å²) in [5.74, 6) is -0.576. The Kier molecular flexibility index (Phi) is 5.14. The molecule has 1 N–H and O–H groups in total. The first kappa shape index (κ1) is 16.5. The van der Waals surface area contributed by atoms with Crippen LogP contribution in [0.3, 0.4) is 0 Å². The van der Waals surface area contributed by atoms with Crippen molar-refractivity contribution < 1.29 is 13.2 Å². The second-order valence-electron chi connectivity index (χ2n) is 4.78. The third-order valence-electron chi connectivity index (χ3n) is 3.41. The quantitative estimate of drug-likeness (QED) is 0.903. The molecule has 5 nitrogen and oxygen atoms in total. The number of hydrogen-bond donors (Lipinski definition) is 1. The minimum absolute atomic E-state index is 0.259. The van der Waals surface area contributed by atoms with Crippen molar-refractivity contribution in [2.24, 2.45) is 0 Å². The molecule has 0 radical (unpaired) electrons. The lowest BCUT2D eigenvalue weighted by Gasteiger charge is -2.33. The molecule has 1 aromatic carbocycles. The third-order valence-corrected chi connectivity index (χ3v) is 5.93.